The lowest BCUT2D eigenvalue weighted by atomic mass is 9.81. The molecule has 0 aliphatic carbocycles. The van der Waals surface area contributed by atoms with Crippen LogP contribution in [0.25, 0.3) is 11.0 Å². The zero-order chi connectivity index (χ0) is 14.8. The van der Waals surface area contributed by atoms with E-state index in [0.717, 1.165) is 35.4 Å². The number of H-pyrrole nitrogens is 1. The zero-order valence-corrected chi connectivity index (χ0v) is 12.3. The number of nitrogens with one attached hydrogen (secondary N) is 2. The maximum absolute atomic E-state index is 12.5. The smallest absolute Gasteiger partial charge is 0.231 e. The summed E-state index contributed by atoms with van der Waals surface area (Å²) in [6.07, 6.45) is 1.47. The molecular weight excluding hydrogens is 252 g/mol. The maximum Gasteiger partial charge on any atom is 0.231 e. The van der Waals surface area contributed by atoms with Gasteiger partial charge in [0.1, 0.15) is 5.82 Å². The van der Waals surface area contributed by atoms with Crippen LogP contribution in [0.4, 0.5) is 5.69 Å². The molecule has 0 atom stereocenters. The van der Waals surface area contributed by atoms with Crippen LogP contribution in [0.1, 0.15) is 32.5 Å². The minimum absolute atomic E-state index is 0.0133. The largest absolute Gasteiger partial charge is 0.342 e. The predicted octanol–water partition coefficient (Wildman–Crippen LogP) is 2.57. The van der Waals surface area contributed by atoms with Crippen molar-refractivity contribution < 1.29 is 4.79 Å². The third-order valence-electron chi connectivity index (χ3n) is 4.08. The highest BCUT2D eigenvalue weighted by molar-refractivity contribution is 5.97. The molecule has 20 heavy (non-hydrogen) atoms. The quantitative estimate of drug-likeness (QED) is 0.783. The summed E-state index contributed by atoms with van der Waals surface area (Å²) in [6, 6.07) is 5.67. The third-order valence-corrected chi connectivity index (χ3v) is 4.08. The average Bonchev–Trinajstić information content (AvgIpc) is 2.81. The van der Waals surface area contributed by atoms with Crippen LogP contribution in [0, 0.1) is 12.3 Å². The van der Waals surface area contributed by atoms with E-state index in [9.17, 15) is 4.79 Å². The Labute approximate surface area is 119 Å². The average molecular weight is 274 g/mol. The van der Waals surface area contributed by atoms with Crippen molar-refractivity contribution in [3.63, 3.8) is 0 Å². The predicted molar refractivity (Wildman–Crippen MR) is 81.5 cm³/mol. The second-order valence-corrected chi connectivity index (χ2v) is 5.20. The fourth-order valence-corrected chi connectivity index (χ4v) is 2.43. The number of imidazole rings is 1. The molecule has 1 aromatic heterocycles. The molecule has 0 fully saturated rings. The lowest BCUT2D eigenvalue weighted by Gasteiger charge is -2.28. The van der Waals surface area contributed by atoms with Crippen LogP contribution >= 0.6 is 0 Å². The molecule has 2 rings (SSSR count). The highest BCUT2D eigenvalue weighted by Crippen LogP contribution is 2.27. The molecule has 0 saturated heterocycles. The summed E-state index contributed by atoms with van der Waals surface area (Å²) in [6.45, 7) is 6.26. The Morgan fingerprint density at radius 2 is 2.10 bits per heavy atom. The summed E-state index contributed by atoms with van der Waals surface area (Å²) < 4.78 is 0. The molecule has 1 heterocycles. The normalized spacial score (nSPS) is 11.8. The molecule has 0 spiro atoms. The van der Waals surface area contributed by atoms with Gasteiger partial charge in [0, 0.05) is 12.2 Å². The topological polar surface area (TPSA) is 83.8 Å². The number of aromatic amines is 1. The molecule has 4 N–H and O–H groups in total. The Morgan fingerprint density at radius 1 is 1.40 bits per heavy atom. The summed E-state index contributed by atoms with van der Waals surface area (Å²) in [4.78, 5) is 20.0. The summed E-state index contributed by atoms with van der Waals surface area (Å²) in [5.74, 6) is 0.850. The van der Waals surface area contributed by atoms with Crippen molar-refractivity contribution in [3.8, 4) is 0 Å². The minimum atomic E-state index is -0.487. The van der Waals surface area contributed by atoms with Crippen LogP contribution in [0.15, 0.2) is 18.2 Å². The van der Waals surface area contributed by atoms with E-state index in [-0.39, 0.29) is 5.91 Å². The monoisotopic (exact) mass is 274 g/mol. The molecule has 0 aliphatic heterocycles. The molecule has 5 heteroatoms. The van der Waals surface area contributed by atoms with Crippen molar-refractivity contribution >= 4 is 22.6 Å². The highest BCUT2D eigenvalue weighted by atomic mass is 16.2. The second kappa shape index (κ2) is 5.63. The first-order chi connectivity index (χ1) is 9.54. The number of carbonyl (C=O) groups is 1. The van der Waals surface area contributed by atoms with Crippen molar-refractivity contribution in [1.82, 2.24) is 9.97 Å². The van der Waals surface area contributed by atoms with Gasteiger partial charge in [-0.25, -0.2) is 4.98 Å². The van der Waals surface area contributed by atoms with Gasteiger partial charge in [0.2, 0.25) is 5.91 Å². The zero-order valence-electron chi connectivity index (χ0n) is 12.3. The van der Waals surface area contributed by atoms with Gasteiger partial charge in [0.15, 0.2) is 0 Å². The number of benzene rings is 1. The lowest BCUT2D eigenvalue weighted by molar-refractivity contribution is -0.125. The van der Waals surface area contributed by atoms with Gasteiger partial charge in [0.25, 0.3) is 0 Å². The number of fused-ring (bicyclic) bond motifs is 1. The molecule has 1 amide bonds. The van der Waals surface area contributed by atoms with Crippen molar-refractivity contribution in [2.45, 2.75) is 33.6 Å². The molecule has 0 unspecified atom stereocenters. The standard InChI is InChI=1S/C15H22N4O/c1-4-15(5-2,9-16)14(20)19-11-6-7-12-13(8-11)18-10(3)17-12/h6-8H,4-5,9,16H2,1-3H3,(H,17,18)(H,19,20). The third kappa shape index (κ3) is 2.54. The first-order valence-corrected chi connectivity index (χ1v) is 7.02. The van der Waals surface area contributed by atoms with Crippen molar-refractivity contribution in [3.05, 3.63) is 24.0 Å². The highest BCUT2D eigenvalue weighted by Gasteiger charge is 2.33. The molecule has 0 radical (unpaired) electrons. The Morgan fingerprint density at radius 3 is 2.70 bits per heavy atom. The fraction of sp³-hybridized carbons (Fsp3) is 0.467. The molecule has 1 aromatic carbocycles. The van der Waals surface area contributed by atoms with Crippen molar-refractivity contribution in [2.24, 2.45) is 11.1 Å². The van der Waals surface area contributed by atoms with Crippen LogP contribution in [0.2, 0.25) is 0 Å². The first-order valence-electron chi connectivity index (χ1n) is 7.02. The summed E-state index contributed by atoms with van der Waals surface area (Å²) in [5, 5.41) is 2.97. The number of rotatable bonds is 5. The number of hydrogen-bond donors (Lipinski definition) is 3. The molecule has 5 nitrogen and oxygen atoms in total. The second-order valence-electron chi connectivity index (χ2n) is 5.20. The Hall–Kier alpha value is -1.88. The van der Waals surface area contributed by atoms with E-state index < -0.39 is 5.41 Å². The molecule has 0 saturated carbocycles. The molecule has 108 valence electrons. The van der Waals surface area contributed by atoms with E-state index in [1.54, 1.807) is 0 Å². The van der Waals surface area contributed by atoms with Gasteiger partial charge in [-0.15, -0.1) is 0 Å². The molecule has 2 aromatic rings. The van der Waals surface area contributed by atoms with Crippen molar-refractivity contribution in [2.75, 3.05) is 11.9 Å². The van der Waals surface area contributed by atoms with Gasteiger partial charge in [-0.2, -0.15) is 0 Å². The van der Waals surface area contributed by atoms with Gasteiger partial charge in [-0.1, -0.05) is 13.8 Å². The fourth-order valence-electron chi connectivity index (χ4n) is 2.43. The van der Waals surface area contributed by atoms with E-state index in [1.807, 2.05) is 39.0 Å². The number of hydrogen-bond acceptors (Lipinski definition) is 3. The van der Waals surface area contributed by atoms with Crippen LogP contribution < -0.4 is 11.1 Å². The number of aromatic nitrogens is 2. The molecular formula is C15H22N4O. The van der Waals surface area contributed by atoms with Gasteiger partial charge < -0.3 is 16.0 Å². The Balaban J connectivity index is 2.24. The van der Waals surface area contributed by atoms with Crippen LogP contribution in [0.5, 0.6) is 0 Å². The lowest BCUT2D eigenvalue weighted by Crippen LogP contribution is -2.41. The maximum atomic E-state index is 12.5. The Kier molecular flexibility index (Phi) is 4.09. The van der Waals surface area contributed by atoms with E-state index >= 15 is 0 Å². The summed E-state index contributed by atoms with van der Waals surface area (Å²) >= 11 is 0. The number of anilines is 1. The molecule has 0 aliphatic rings. The van der Waals surface area contributed by atoms with Gasteiger partial charge in [-0.3, -0.25) is 4.79 Å². The Bertz CT molecular complexity index is 605. The van der Waals surface area contributed by atoms with Crippen LogP contribution in [0.3, 0.4) is 0 Å². The number of carbonyl (C=O) groups excluding carboxylic acids is 1. The number of aryl methyl sites for hydroxylation is 1. The van der Waals surface area contributed by atoms with E-state index in [1.165, 1.54) is 0 Å². The van der Waals surface area contributed by atoms with E-state index in [4.69, 9.17) is 5.73 Å². The summed E-state index contributed by atoms with van der Waals surface area (Å²) in [7, 11) is 0. The SMILES string of the molecule is CCC(CC)(CN)C(=O)Nc1ccc2nc(C)[nH]c2c1. The minimum Gasteiger partial charge on any atom is -0.342 e. The van der Waals surface area contributed by atoms with E-state index in [0.29, 0.717) is 6.54 Å². The number of nitrogens with two attached hydrogens (primary N) is 1. The van der Waals surface area contributed by atoms with Gasteiger partial charge in [-0.05, 0) is 38.0 Å². The first kappa shape index (κ1) is 14.5. The molecule has 0 bridgehead atoms. The van der Waals surface area contributed by atoms with Crippen molar-refractivity contribution in [1.29, 1.82) is 0 Å². The number of nitrogens with zero attached hydrogens (tertiary/aromatic N) is 1. The van der Waals surface area contributed by atoms with Gasteiger partial charge >= 0.3 is 0 Å². The summed E-state index contributed by atoms with van der Waals surface area (Å²) in [5.41, 5.74) is 7.90. The van der Waals surface area contributed by atoms with Crippen LogP contribution in [-0.4, -0.2) is 22.4 Å². The van der Waals surface area contributed by atoms with Gasteiger partial charge in [0.05, 0.1) is 16.4 Å². The van der Waals surface area contributed by atoms with Crippen LogP contribution in [-0.2, 0) is 4.79 Å². The van der Waals surface area contributed by atoms with E-state index in [2.05, 4.69) is 15.3 Å². The number of amides is 1.